The van der Waals surface area contributed by atoms with Crippen LogP contribution in [0.2, 0.25) is 0 Å². The number of hydrogen-bond acceptors (Lipinski definition) is 2. The lowest BCUT2D eigenvalue weighted by Gasteiger charge is -2.45. The number of nitrogens with zero attached hydrogens (tertiary/aromatic N) is 1. The molecule has 2 aromatic carbocycles. The summed E-state index contributed by atoms with van der Waals surface area (Å²) < 4.78 is 0. The molecule has 2 nitrogen and oxygen atoms in total. The number of rotatable bonds is 6. The second kappa shape index (κ2) is 5.69. The van der Waals surface area contributed by atoms with Gasteiger partial charge in [-0.3, -0.25) is 0 Å². The van der Waals surface area contributed by atoms with Crippen molar-refractivity contribution in [3.63, 3.8) is 0 Å². The van der Waals surface area contributed by atoms with Crippen LogP contribution in [0.1, 0.15) is 33.1 Å². The number of nitrogens with two attached hydrogens (primary N) is 1. The summed E-state index contributed by atoms with van der Waals surface area (Å²) in [6, 6.07) is 15.3. The highest BCUT2D eigenvalue weighted by Gasteiger charge is 2.47. The first kappa shape index (κ1) is 14.4. The third-order valence-corrected chi connectivity index (χ3v) is 5.21. The molecule has 0 aromatic heterocycles. The molecule has 0 radical (unpaired) electrons. The van der Waals surface area contributed by atoms with Gasteiger partial charge in [-0.1, -0.05) is 43.3 Å². The zero-order chi connectivity index (χ0) is 14.9. The van der Waals surface area contributed by atoms with Crippen molar-refractivity contribution in [2.75, 3.05) is 18.0 Å². The molecule has 0 spiro atoms. The van der Waals surface area contributed by atoms with Crippen molar-refractivity contribution in [1.82, 2.24) is 0 Å². The highest BCUT2D eigenvalue weighted by Crippen LogP contribution is 2.47. The van der Waals surface area contributed by atoms with Crippen molar-refractivity contribution in [3.05, 3.63) is 42.5 Å². The zero-order valence-electron chi connectivity index (χ0n) is 13.2. The number of likely N-dealkylation sites (N-methyl/N-ethyl adjacent to an activating group) is 1. The molecule has 0 heterocycles. The normalized spacial score (nSPS) is 17.7. The molecule has 1 saturated carbocycles. The van der Waals surface area contributed by atoms with Gasteiger partial charge in [-0.2, -0.15) is 0 Å². The van der Waals surface area contributed by atoms with E-state index >= 15 is 0 Å². The Morgan fingerprint density at radius 3 is 2.43 bits per heavy atom. The lowest BCUT2D eigenvalue weighted by molar-refractivity contribution is 0.337. The second-order valence-electron chi connectivity index (χ2n) is 6.18. The molecule has 3 rings (SSSR count). The van der Waals surface area contributed by atoms with E-state index in [0.717, 1.165) is 25.4 Å². The Balaban J connectivity index is 2.13. The predicted octanol–water partition coefficient (Wildman–Crippen LogP) is 4.18. The topological polar surface area (TPSA) is 29.3 Å². The van der Waals surface area contributed by atoms with E-state index in [2.05, 4.69) is 61.2 Å². The zero-order valence-corrected chi connectivity index (χ0v) is 13.2. The molecule has 0 saturated heterocycles. The minimum atomic E-state index is 0.124. The molecule has 0 amide bonds. The van der Waals surface area contributed by atoms with Crippen molar-refractivity contribution >= 4 is 16.5 Å². The van der Waals surface area contributed by atoms with Gasteiger partial charge >= 0.3 is 0 Å². The third kappa shape index (κ3) is 2.32. The number of fused-ring (bicyclic) bond motifs is 1. The van der Waals surface area contributed by atoms with E-state index in [4.69, 9.17) is 5.73 Å². The molecule has 1 atom stereocenters. The lowest BCUT2D eigenvalue weighted by atomic mass is 9.86. The molecular weight excluding hydrogens is 256 g/mol. The average Bonchev–Trinajstić information content (AvgIpc) is 3.38. The second-order valence-corrected chi connectivity index (χ2v) is 6.18. The Morgan fingerprint density at radius 1 is 1.10 bits per heavy atom. The van der Waals surface area contributed by atoms with Gasteiger partial charge in [0.15, 0.2) is 0 Å². The fraction of sp³-hybridized carbons (Fsp3) is 0.474. The van der Waals surface area contributed by atoms with Crippen LogP contribution in [-0.4, -0.2) is 18.6 Å². The predicted molar refractivity (Wildman–Crippen MR) is 91.8 cm³/mol. The number of anilines is 1. The van der Waals surface area contributed by atoms with Gasteiger partial charge in [-0.15, -0.1) is 0 Å². The molecule has 2 heteroatoms. The molecular formula is C19H26N2. The largest absolute Gasteiger partial charge is 0.364 e. The van der Waals surface area contributed by atoms with E-state index in [1.807, 2.05) is 0 Å². The quantitative estimate of drug-likeness (QED) is 0.861. The van der Waals surface area contributed by atoms with Crippen LogP contribution in [0.15, 0.2) is 42.5 Å². The molecule has 1 aliphatic rings. The van der Waals surface area contributed by atoms with Crippen LogP contribution in [0.3, 0.4) is 0 Å². The molecule has 1 unspecified atom stereocenters. The Hall–Kier alpha value is -1.54. The highest BCUT2D eigenvalue weighted by molar-refractivity contribution is 5.94. The number of benzene rings is 2. The van der Waals surface area contributed by atoms with E-state index < -0.39 is 0 Å². The van der Waals surface area contributed by atoms with Gasteiger partial charge in [0.25, 0.3) is 0 Å². The van der Waals surface area contributed by atoms with Gasteiger partial charge in [-0.05, 0) is 43.6 Å². The maximum atomic E-state index is 6.28. The molecule has 0 aliphatic heterocycles. The average molecular weight is 282 g/mol. The Kier molecular flexibility index (Phi) is 3.90. The monoisotopic (exact) mass is 282 g/mol. The van der Waals surface area contributed by atoms with E-state index in [9.17, 15) is 0 Å². The van der Waals surface area contributed by atoms with Crippen LogP contribution in [0.4, 0.5) is 5.69 Å². The first-order chi connectivity index (χ1) is 10.3. The van der Waals surface area contributed by atoms with Gasteiger partial charge in [0.1, 0.15) is 0 Å². The standard InChI is InChI=1S/C19H26N2/c1-3-19(14-20,16-12-13-16)21(4-2)18-11-7-9-15-8-5-6-10-17(15)18/h5-11,16H,3-4,12-14,20H2,1-2H3. The summed E-state index contributed by atoms with van der Waals surface area (Å²) in [6.45, 7) is 6.30. The number of hydrogen-bond donors (Lipinski definition) is 1. The van der Waals surface area contributed by atoms with E-state index in [0.29, 0.717) is 0 Å². The van der Waals surface area contributed by atoms with Crippen molar-refractivity contribution in [1.29, 1.82) is 0 Å². The molecule has 2 N–H and O–H groups in total. The van der Waals surface area contributed by atoms with Crippen LogP contribution >= 0.6 is 0 Å². The molecule has 2 aromatic rings. The maximum absolute atomic E-state index is 6.28. The Morgan fingerprint density at radius 2 is 1.81 bits per heavy atom. The van der Waals surface area contributed by atoms with Crippen LogP contribution in [0.5, 0.6) is 0 Å². The summed E-state index contributed by atoms with van der Waals surface area (Å²) in [4.78, 5) is 2.58. The fourth-order valence-corrected chi connectivity index (χ4v) is 3.91. The van der Waals surface area contributed by atoms with E-state index in [-0.39, 0.29) is 5.54 Å². The lowest BCUT2D eigenvalue weighted by Crippen LogP contribution is -2.55. The van der Waals surface area contributed by atoms with Crippen LogP contribution in [-0.2, 0) is 0 Å². The van der Waals surface area contributed by atoms with Crippen LogP contribution in [0, 0.1) is 5.92 Å². The fourth-order valence-electron chi connectivity index (χ4n) is 3.91. The van der Waals surface area contributed by atoms with Crippen molar-refractivity contribution in [2.24, 2.45) is 11.7 Å². The molecule has 1 fully saturated rings. The van der Waals surface area contributed by atoms with Crippen LogP contribution in [0.25, 0.3) is 10.8 Å². The first-order valence-electron chi connectivity index (χ1n) is 8.22. The molecule has 0 bridgehead atoms. The van der Waals surface area contributed by atoms with Crippen molar-refractivity contribution < 1.29 is 0 Å². The van der Waals surface area contributed by atoms with E-state index in [1.54, 1.807) is 0 Å². The highest BCUT2D eigenvalue weighted by atomic mass is 15.2. The van der Waals surface area contributed by atoms with Crippen molar-refractivity contribution in [2.45, 2.75) is 38.6 Å². The molecule has 112 valence electrons. The molecule has 1 aliphatic carbocycles. The van der Waals surface area contributed by atoms with Gasteiger partial charge < -0.3 is 10.6 Å². The SMILES string of the molecule is CCN(c1cccc2ccccc12)C(CC)(CN)C1CC1. The van der Waals surface area contributed by atoms with Crippen LogP contribution < -0.4 is 10.6 Å². The van der Waals surface area contributed by atoms with Gasteiger partial charge in [-0.25, -0.2) is 0 Å². The summed E-state index contributed by atoms with van der Waals surface area (Å²) in [7, 11) is 0. The maximum Gasteiger partial charge on any atom is 0.0549 e. The summed E-state index contributed by atoms with van der Waals surface area (Å²) in [5.41, 5.74) is 7.74. The van der Waals surface area contributed by atoms with Gasteiger partial charge in [0, 0.05) is 24.2 Å². The third-order valence-electron chi connectivity index (χ3n) is 5.21. The summed E-state index contributed by atoms with van der Waals surface area (Å²) in [6.07, 6.45) is 3.77. The van der Waals surface area contributed by atoms with E-state index in [1.165, 1.54) is 29.3 Å². The Labute approximate surface area is 127 Å². The van der Waals surface area contributed by atoms with Gasteiger partial charge in [0.05, 0.1) is 5.54 Å². The van der Waals surface area contributed by atoms with Gasteiger partial charge in [0.2, 0.25) is 0 Å². The molecule has 21 heavy (non-hydrogen) atoms. The van der Waals surface area contributed by atoms with Crippen molar-refractivity contribution in [3.8, 4) is 0 Å². The Bertz CT molecular complexity index is 606. The summed E-state index contributed by atoms with van der Waals surface area (Å²) in [5, 5.41) is 2.65. The summed E-state index contributed by atoms with van der Waals surface area (Å²) in [5.74, 6) is 0.756. The smallest absolute Gasteiger partial charge is 0.0549 e. The summed E-state index contributed by atoms with van der Waals surface area (Å²) >= 11 is 0. The minimum absolute atomic E-state index is 0.124. The minimum Gasteiger partial charge on any atom is -0.364 e. The first-order valence-corrected chi connectivity index (χ1v) is 8.22.